The molecule has 0 unspecified atom stereocenters. The first-order valence-electron chi connectivity index (χ1n) is 8.56. The quantitative estimate of drug-likeness (QED) is 0.732. The van der Waals surface area contributed by atoms with Crippen molar-refractivity contribution in [1.82, 2.24) is 0 Å². The summed E-state index contributed by atoms with van der Waals surface area (Å²) in [6, 6.07) is 18.7. The molecule has 0 saturated heterocycles. The largest absolute Gasteiger partial charge is 0.463 e. The maximum absolute atomic E-state index is 11.9. The number of carbonyl (C=O) groups excluding carboxylic acids is 1. The summed E-state index contributed by atoms with van der Waals surface area (Å²) in [5.41, 5.74) is 9.81. The first-order valence-corrected chi connectivity index (χ1v) is 8.56. The third-order valence-electron chi connectivity index (χ3n) is 3.97. The van der Waals surface area contributed by atoms with Gasteiger partial charge >= 0.3 is 5.97 Å². The van der Waals surface area contributed by atoms with Crippen LogP contribution >= 0.6 is 12.4 Å². The number of hydrogen-bond acceptors (Lipinski definition) is 3. The Morgan fingerprint density at radius 1 is 0.960 bits per heavy atom. The summed E-state index contributed by atoms with van der Waals surface area (Å²) in [5.74, 6) is -0.342. The van der Waals surface area contributed by atoms with Crippen molar-refractivity contribution in [3.05, 3.63) is 60.2 Å². The molecule has 0 saturated carbocycles. The van der Waals surface area contributed by atoms with E-state index in [1.165, 1.54) is 16.7 Å². The Balaban J connectivity index is 0.00000312. The molecule has 0 fully saturated rings. The van der Waals surface area contributed by atoms with E-state index < -0.39 is 0 Å². The van der Waals surface area contributed by atoms with Crippen molar-refractivity contribution >= 4 is 18.4 Å². The molecule has 2 N–H and O–H groups in total. The van der Waals surface area contributed by atoms with Gasteiger partial charge in [0, 0.05) is 6.04 Å². The standard InChI is InChI=1S/C21H27NO2.ClH/c1-15(2)24-21(23)16(3)13-20(22)14-17-9-11-19(12-10-17)18-7-5-4-6-8-18;/h4-12,15-16,20H,13-14,22H2,1-3H3;1H/t16-,20+;/m1./s1. The topological polar surface area (TPSA) is 52.3 Å². The highest BCUT2D eigenvalue weighted by molar-refractivity contribution is 5.85. The molecule has 0 amide bonds. The van der Waals surface area contributed by atoms with E-state index in [2.05, 4.69) is 36.4 Å². The molecule has 0 aliphatic carbocycles. The fourth-order valence-corrected chi connectivity index (χ4v) is 2.75. The number of ether oxygens (including phenoxy) is 1. The highest BCUT2D eigenvalue weighted by atomic mass is 35.5. The lowest BCUT2D eigenvalue weighted by molar-refractivity contribution is -0.152. The lowest BCUT2D eigenvalue weighted by Crippen LogP contribution is -2.29. The van der Waals surface area contributed by atoms with Gasteiger partial charge in [0.05, 0.1) is 12.0 Å². The molecule has 0 spiro atoms. The van der Waals surface area contributed by atoms with Gasteiger partial charge in [0.1, 0.15) is 0 Å². The highest BCUT2D eigenvalue weighted by Crippen LogP contribution is 2.20. The van der Waals surface area contributed by atoms with Gasteiger partial charge in [0.15, 0.2) is 0 Å². The summed E-state index contributed by atoms with van der Waals surface area (Å²) in [6.45, 7) is 5.60. The zero-order valence-electron chi connectivity index (χ0n) is 15.1. The fraction of sp³-hybridized carbons (Fsp3) is 0.381. The van der Waals surface area contributed by atoms with Crippen LogP contribution in [0, 0.1) is 5.92 Å². The Morgan fingerprint density at radius 2 is 1.52 bits per heavy atom. The summed E-state index contributed by atoms with van der Waals surface area (Å²) in [7, 11) is 0. The number of hydrogen-bond donors (Lipinski definition) is 1. The summed E-state index contributed by atoms with van der Waals surface area (Å²) in [5, 5.41) is 0. The Hall–Kier alpha value is -1.84. The molecule has 2 aromatic rings. The molecule has 25 heavy (non-hydrogen) atoms. The van der Waals surface area contributed by atoms with Crippen LogP contribution in [0.2, 0.25) is 0 Å². The molecule has 0 aliphatic rings. The Morgan fingerprint density at radius 3 is 2.08 bits per heavy atom. The zero-order valence-corrected chi connectivity index (χ0v) is 16.0. The second-order valence-electron chi connectivity index (χ2n) is 6.65. The maximum Gasteiger partial charge on any atom is 0.308 e. The minimum Gasteiger partial charge on any atom is -0.463 e. The van der Waals surface area contributed by atoms with Crippen molar-refractivity contribution in [1.29, 1.82) is 0 Å². The van der Waals surface area contributed by atoms with E-state index in [0.717, 1.165) is 6.42 Å². The highest BCUT2D eigenvalue weighted by Gasteiger charge is 2.19. The molecule has 0 bridgehead atoms. The van der Waals surface area contributed by atoms with E-state index >= 15 is 0 Å². The van der Waals surface area contributed by atoms with E-state index in [0.29, 0.717) is 6.42 Å². The molecular weight excluding hydrogens is 334 g/mol. The van der Waals surface area contributed by atoms with E-state index in [-0.39, 0.29) is 36.4 Å². The zero-order chi connectivity index (χ0) is 17.5. The first kappa shape index (κ1) is 21.2. The third-order valence-corrected chi connectivity index (χ3v) is 3.97. The molecule has 0 aliphatic heterocycles. The molecule has 0 aromatic heterocycles. The van der Waals surface area contributed by atoms with E-state index in [1.54, 1.807) is 0 Å². The van der Waals surface area contributed by atoms with Gasteiger partial charge in [-0.25, -0.2) is 0 Å². The number of rotatable bonds is 7. The van der Waals surface area contributed by atoms with Crippen molar-refractivity contribution in [3.63, 3.8) is 0 Å². The molecule has 0 heterocycles. The Labute approximate surface area is 157 Å². The van der Waals surface area contributed by atoms with Crippen LogP contribution in [-0.4, -0.2) is 18.1 Å². The molecule has 2 atom stereocenters. The molecule has 2 rings (SSSR count). The molecule has 3 nitrogen and oxygen atoms in total. The summed E-state index contributed by atoms with van der Waals surface area (Å²) in [6.07, 6.45) is 1.31. The second kappa shape index (κ2) is 10.2. The monoisotopic (exact) mass is 361 g/mol. The van der Waals surface area contributed by atoms with Gasteiger partial charge in [-0.1, -0.05) is 61.5 Å². The first-order chi connectivity index (χ1) is 11.5. The van der Waals surface area contributed by atoms with Crippen LogP contribution in [0.25, 0.3) is 11.1 Å². The van der Waals surface area contributed by atoms with Crippen molar-refractivity contribution in [2.45, 2.75) is 45.8 Å². The fourth-order valence-electron chi connectivity index (χ4n) is 2.75. The van der Waals surface area contributed by atoms with E-state index in [9.17, 15) is 4.79 Å². The molecular formula is C21H28ClNO2. The molecule has 2 aromatic carbocycles. The minimum absolute atomic E-state index is 0. The van der Waals surface area contributed by atoms with Gasteiger partial charge in [0.25, 0.3) is 0 Å². The lowest BCUT2D eigenvalue weighted by atomic mass is 9.95. The SMILES string of the molecule is CC(C)OC(=O)[C@H](C)C[C@H](N)Cc1ccc(-c2ccccc2)cc1.Cl. The third kappa shape index (κ3) is 6.89. The Kier molecular flexibility index (Phi) is 8.67. The van der Waals surface area contributed by atoms with Crippen LogP contribution in [0.4, 0.5) is 0 Å². The smallest absolute Gasteiger partial charge is 0.308 e. The van der Waals surface area contributed by atoms with Crippen LogP contribution in [-0.2, 0) is 16.0 Å². The van der Waals surface area contributed by atoms with Crippen LogP contribution in [0.1, 0.15) is 32.8 Å². The van der Waals surface area contributed by atoms with Crippen LogP contribution in [0.5, 0.6) is 0 Å². The average Bonchev–Trinajstić information content (AvgIpc) is 2.55. The average molecular weight is 362 g/mol. The summed E-state index contributed by atoms with van der Waals surface area (Å²) in [4.78, 5) is 11.9. The normalized spacial score (nSPS) is 13.0. The van der Waals surface area contributed by atoms with Crippen molar-refractivity contribution < 1.29 is 9.53 Å². The predicted molar refractivity (Wildman–Crippen MR) is 106 cm³/mol. The summed E-state index contributed by atoms with van der Waals surface area (Å²) < 4.78 is 5.23. The van der Waals surface area contributed by atoms with Crippen LogP contribution in [0.3, 0.4) is 0 Å². The minimum atomic E-state index is -0.175. The second-order valence-corrected chi connectivity index (χ2v) is 6.65. The lowest BCUT2D eigenvalue weighted by Gasteiger charge is -2.18. The number of nitrogens with two attached hydrogens (primary N) is 1. The van der Waals surface area contributed by atoms with Crippen LogP contribution < -0.4 is 5.73 Å². The van der Waals surface area contributed by atoms with Crippen molar-refractivity contribution in [2.75, 3.05) is 0 Å². The number of halogens is 1. The van der Waals surface area contributed by atoms with Gasteiger partial charge in [0.2, 0.25) is 0 Å². The Bertz CT molecular complexity index is 641. The van der Waals surface area contributed by atoms with Gasteiger partial charge in [-0.15, -0.1) is 12.4 Å². The summed E-state index contributed by atoms with van der Waals surface area (Å²) >= 11 is 0. The van der Waals surface area contributed by atoms with Gasteiger partial charge in [-0.05, 0) is 43.4 Å². The van der Waals surface area contributed by atoms with Crippen molar-refractivity contribution in [3.8, 4) is 11.1 Å². The number of carbonyl (C=O) groups is 1. The molecule has 4 heteroatoms. The van der Waals surface area contributed by atoms with E-state index in [1.807, 2.05) is 39.0 Å². The van der Waals surface area contributed by atoms with Gasteiger partial charge in [-0.2, -0.15) is 0 Å². The van der Waals surface area contributed by atoms with Gasteiger partial charge in [-0.3, -0.25) is 4.79 Å². The molecule has 0 radical (unpaired) electrons. The predicted octanol–water partition coefficient (Wildman–Crippen LogP) is 4.62. The molecule has 136 valence electrons. The van der Waals surface area contributed by atoms with Gasteiger partial charge < -0.3 is 10.5 Å². The maximum atomic E-state index is 11.9. The number of benzene rings is 2. The van der Waals surface area contributed by atoms with Crippen LogP contribution in [0.15, 0.2) is 54.6 Å². The van der Waals surface area contributed by atoms with Crippen molar-refractivity contribution in [2.24, 2.45) is 11.7 Å². The van der Waals surface area contributed by atoms with E-state index in [4.69, 9.17) is 10.5 Å². The number of esters is 1.